The quantitative estimate of drug-likeness (QED) is 0.0682. The molecule has 0 aliphatic carbocycles. The highest BCUT2D eigenvalue weighted by molar-refractivity contribution is 5.81. The lowest BCUT2D eigenvalue weighted by atomic mass is 10.0. The minimum Gasteiger partial charge on any atom is -0.327 e. The van der Waals surface area contributed by atoms with Crippen molar-refractivity contribution in [2.75, 3.05) is 19.8 Å². The van der Waals surface area contributed by atoms with Crippen LogP contribution in [0.3, 0.4) is 0 Å². The van der Waals surface area contributed by atoms with Gasteiger partial charge in [0.2, 0.25) is 0 Å². The van der Waals surface area contributed by atoms with Gasteiger partial charge in [0.25, 0.3) is 5.97 Å². The van der Waals surface area contributed by atoms with Gasteiger partial charge < -0.3 is 14.2 Å². The molecule has 43 heavy (non-hydrogen) atoms. The first-order valence-corrected chi connectivity index (χ1v) is 19.7. The van der Waals surface area contributed by atoms with Crippen molar-refractivity contribution in [3.63, 3.8) is 0 Å². The normalized spacial score (nSPS) is 15.0. The molecule has 1 rings (SSSR count). The maximum atomic E-state index is 11.7. The van der Waals surface area contributed by atoms with Crippen LogP contribution in [0, 0.1) is 0 Å². The van der Waals surface area contributed by atoms with E-state index in [9.17, 15) is 4.79 Å². The van der Waals surface area contributed by atoms with Crippen LogP contribution in [0.5, 0.6) is 0 Å². The Bertz CT molecular complexity index is 568. The first-order chi connectivity index (χ1) is 21.2. The summed E-state index contributed by atoms with van der Waals surface area (Å²) < 4.78 is 17.8. The molecule has 0 aromatic rings. The molecule has 1 heterocycles. The highest BCUT2D eigenvalue weighted by Gasteiger charge is 2.38. The zero-order valence-electron chi connectivity index (χ0n) is 29.4. The van der Waals surface area contributed by atoms with Crippen molar-refractivity contribution in [3.05, 3.63) is 0 Å². The molecule has 0 saturated carbocycles. The molecule has 1 saturated heterocycles. The highest BCUT2D eigenvalue weighted by Crippen LogP contribution is 2.27. The number of hydrogen-bond donors (Lipinski definition) is 0. The molecule has 256 valence electrons. The van der Waals surface area contributed by atoms with E-state index >= 15 is 0 Å². The molecule has 0 spiro atoms. The first-order valence-electron chi connectivity index (χ1n) is 19.7. The van der Waals surface area contributed by atoms with Gasteiger partial charge in [-0.1, -0.05) is 200 Å². The van der Waals surface area contributed by atoms with Gasteiger partial charge in [-0.3, -0.25) is 4.79 Å². The zero-order chi connectivity index (χ0) is 30.9. The third-order valence-electron chi connectivity index (χ3n) is 9.31. The summed E-state index contributed by atoms with van der Waals surface area (Å²) in [5.41, 5.74) is 0. The number of carbonyl (C=O) groups excluding carboxylic acids is 1. The van der Waals surface area contributed by atoms with Crippen molar-refractivity contribution < 1.29 is 19.0 Å². The third-order valence-corrected chi connectivity index (χ3v) is 9.31. The van der Waals surface area contributed by atoms with E-state index in [2.05, 4.69) is 13.8 Å². The molecule has 0 aromatic heterocycles. The molecule has 0 atom stereocenters. The molecule has 1 aliphatic rings. The molecule has 0 aromatic carbocycles. The van der Waals surface area contributed by atoms with Crippen molar-refractivity contribution in [1.82, 2.24) is 0 Å². The first kappa shape index (κ1) is 40.6. The second-order valence-corrected chi connectivity index (χ2v) is 13.7. The fourth-order valence-electron chi connectivity index (χ4n) is 6.35. The summed E-state index contributed by atoms with van der Waals surface area (Å²) in [6.45, 7) is 5.48. The molecule has 1 fully saturated rings. The monoisotopic (exact) mass is 609 g/mol. The Morgan fingerprint density at radius 2 is 0.721 bits per heavy atom. The smallest absolute Gasteiger partial charge is 0.283 e. The Labute approximate surface area is 269 Å². The van der Waals surface area contributed by atoms with E-state index in [-0.39, 0.29) is 19.0 Å². The molecule has 0 unspecified atom stereocenters. The predicted octanol–water partition coefficient (Wildman–Crippen LogP) is 12.8. The summed E-state index contributed by atoms with van der Waals surface area (Å²) in [5.74, 6) is -0.974. The van der Waals surface area contributed by atoms with Crippen LogP contribution in [0.1, 0.15) is 219 Å². The Hall–Kier alpha value is -0.450. The van der Waals surface area contributed by atoms with Crippen molar-refractivity contribution in [3.8, 4) is 0 Å². The summed E-state index contributed by atoms with van der Waals surface area (Å²) in [6, 6.07) is 0. The molecule has 0 N–H and O–H groups in total. The number of hydrogen-bond acceptors (Lipinski definition) is 4. The second kappa shape index (κ2) is 31.5. The lowest BCUT2D eigenvalue weighted by Gasteiger charge is -2.36. The molecule has 4 heteroatoms. The van der Waals surface area contributed by atoms with E-state index in [0.29, 0.717) is 6.61 Å². The summed E-state index contributed by atoms with van der Waals surface area (Å²) in [5, 5.41) is 0. The van der Waals surface area contributed by atoms with Crippen LogP contribution < -0.4 is 0 Å². The predicted molar refractivity (Wildman–Crippen MR) is 185 cm³/mol. The maximum absolute atomic E-state index is 11.7. The minimum atomic E-state index is -0.986. The van der Waals surface area contributed by atoms with E-state index < -0.39 is 5.97 Å². The molecule has 0 bridgehead atoms. The van der Waals surface area contributed by atoms with Crippen LogP contribution >= 0.6 is 0 Å². The van der Waals surface area contributed by atoms with Gasteiger partial charge in [-0.25, -0.2) is 0 Å². The van der Waals surface area contributed by atoms with Gasteiger partial charge in [-0.05, 0) is 12.8 Å². The van der Waals surface area contributed by atoms with Gasteiger partial charge in [-0.2, -0.15) is 0 Å². The maximum Gasteiger partial charge on any atom is 0.283 e. The van der Waals surface area contributed by atoms with Crippen molar-refractivity contribution in [2.24, 2.45) is 0 Å². The lowest BCUT2D eigenvalue weighted by Crippen LogP contribution is -2.47. The fourth-order valence-corrected chi connectivity index (χ4v) is 6.35. The molecule has 0 radical (unpaired) electrons. The minimum absolute atomic E-state index is 0.0122. The number of Topliss-reactive ketones (excluding diaryl/α,β-unsaturated/α-hetero) is 1. The third kappa shape index (κ3) is 26.5. The zero-order valence-corrected chi connectivity index (χ0v) is 29.4. The number of ketones is 1. The Kier molecular flexibility index (Phi) is 29.8. The van der Waals surface area contributed by atoms with Crippen LogP contribution in [0.4, 0.5) is 0 Å². The second-order valence-electron chi connectivity index (χ2n) is 13.7. The Morgan fingerprint density at radius 1 is 0.442 bits per heavy atom. The van der Waals surface area contributed by atoms with Crippen molar-refractivity contribution in [2.45, 2.75) is 225 Å². The van der Waals surface area contributed by atoms with E-state index in [0.717, 1.165) is 19.3 Å². The summed E-state index contributed by atoms with van der Waals surface area (Å²) in [6.07, 6.45) is 42.9. The SMILES string of the molecule is CCCCCCCCCCCCCCCCCCOC1(CCCCCCCCCCCCCCCCC)OCC(=O)CO1. The van der Waals surface area contributed by atoms with E-state index in [4.69, 9.17) is 14.2 Å². The van der Waals surface area contributed by atoms with Gasteiger partial charge in [0.15, 0.2) is 5.78 Å². The average molecular weight is 609 g/mol. The summed E-state index contributed by atoms with van der Waals surface area (Å²) in [4.78, 5) is 11.7. The molecule has 0 amide bonds. The number of carbonyl (C=O) groups is 1. The number of rotatable bonds is 34. The molecular weight excluding hydrogens is 532 g/mol. The number of unbranched alkanes of at least 4 members (excludes halogenated alkanes) is 29. The Balaban J connectivity index is 1.95. The molecule has 1 aliphatic heterocycles. The van der Waals surface area contributed by atoms with Crippen LogP contribution in [-0.2, 0) is 19.0 Å². The van der Waals surface area contributed by atoms with E-state index in [1.807, 2.05) is 0 Å². The molecule has 4 nitrogen and oxygen atoms in total. The molecular formula is C39H76O4. The van der Waals surface area contributed by atoms with Gasteiger partial charge in [0, 0.05) is 6.42 Å². The van der Waals surface area contributed by atoms with Crippen LogP contribution in [0.25, 0.3) is 0 Å². The van der Waals surface area contributed by atoms with Gasteiger partial charge >= 0.3 is 0 Å². The summed E-state index contributed by atoms with van der Waals surface area (Å²) >= 11 is 0. The van der Waals surface area contributed by atoms with Gasteiger partial charge in [0.1, 0.15) is 13.2 Å². The van der Waals surface area contributed by atoms with Gasteiger partial charge in [0.05, 0.1) is 6.61 Å². The number of ether oxygens (including phenoxy) is 3. The topological polar surface area (TPSA) is 44.8 Å². The van der Waals surface area contributed by atoms with E-state index in [1.165, 1.54) is 186 Å². The average Bonchev–Trinajstić information content (AvgIpc) is 3.02. The lowest BCUT2D eigenvalue weighted by molar-refractivity contribution is -0.389. The Morgan fingerprint density at radius 3 is 1.05 bits per heavy atom. The van der Waals surface area contributed by atoms with E-state index in [1.54, 1.807) is 0 Å². The van der Waals surface area contributed by atoms with Gasteiger partial charge in [-0.15, -0.1) is 0 Å². The van der Waals surface area contributed by atoms with Crippen molar-refractivity contribution in [1.29, 1.82) is 0 Å². The summed E-state index contributed by atoms with van der Waals surface area (Å²) in [7, 11) is 0. The fraction of sp³-hybridized carbons (Fsp3) is 0.974. The van der Waals surface area contributed by atoms with Crippen molar-refractivity contribution >= 4 is 5.78 Å². The van der Waals surface area contributed by atoms with Crippen LogP contribution in [0.2, 0.25) is 0 Å². The van der Waals surface area contributed by atoms with Crippen LogP contribution in [-0.4, -0.2) is 31.6 Å². The van der Waals surface area contributed by atoms with Crippen LogP contribution in [0.15, 0.2) is 0 Å². The largest absolute Gasteiger partial charge is 0.327 e. The standard InChI is InChI=1S/C39H76O4/c1-3-5-7-9-11-13-15-17-19-21-23-25-27-29-31-33-35-41-39(42-36-38(40)37-43-39)34-32-30-28-26-24-22-20-18-16-14-12-10-8-6-4-2/h3-37H2,1-2H3. The highest BCUT2D eigenvalue weighted by atomic mass is 16.9.